The average molecular weight is 297 g/mol. The van der Waals surface area contributed by atoms with Crippen LogP contribution < -0.4 is 0 Å². The van der Waals surface area contributed by atoms with Crippen LogP contribution in [0.2, 0.25) is 0 Å². The Morgan fingerprint density at radius 3 is 2.76 bits per heavy atom. The Hall–Kier alpha value is -1.80. The number of pyridine rings is 1. The highest BCUT2D eigenvalue weighted by molar-refractivity contribution is 6.17. The van der Waals surface area contributed by atoms with Crippen molar-refractivity contribution in [3.8, 4) is 11.3 Å². The number of benzene rings is 1. The van der Waals surface area contributed by atoms with Crippen molar-refractivity contribution < 1.29 is 0 Å². The molecule has 3 aromatic rings. The molecule has 0 unspecified atom stereocenters. The molecule has 0 saturated carbocycles. The Morgan fingerprint density at radius 1 is 1.05 bits per heavy atom. The molecule has 1 aromatic carbocycles. The van der Waals surface area contributed by atoms with E-state index >= 15 is 0 Å². The zero-order chi connectivity index (χ0) is 14.2. The summed E-state index contributed by atoms with van der Waals surface area (Å²) in [7, 11) is 0. The molecule has 0 atom stereocenters. The van der Waals surface area contributed by atoms with E-state index in [2.05, 4.69) is 22.6 Å². The Morgan fingerprint density at radius 2 is 1.90 bits per heavy atom. The number of fused-ring (bicyclic) bond motifs is 2. The third kappa shape index (κ3) is 2.14. The van der Waals surface area contributed by atoms with E-state index in [0.717, 1.165) is 17.0 Å². The van der Waals surface area contributed by atoms with Gasteiger partial charge in [0.1, 0.15) is 5.65 Å². The van der Waals surface area contributed by atoms with Gasteiger partial charge in [0.05, 0.1) is 17.3 Å². The minimum absolute atomic E-state index is 0.470. The van der Waals surface area contributed by atoms with Gasteiger partial charge in [-0.1, -0.05) is 18.2 Å². The summed E-state index contributed by atoms with van der Waals surface area (Å²) in [6, 6.07) is 12.8. The molecule has 21 heavy (non-hydrogen) atoms. The maximum Gasteiger partial charge on any atom is 0.137 e. The summed E-state index contributed by atoms with van der Waals surface area (Å²) in [5.74, 6) is 0.470. The summed E-state index contributed by atoms with van der Waals surface area (Å²) in [5.41, 5.74) is 7.22. The summed E-state index contributed by atoms with van der Waals surface area (Å²) in [5, 5.41) is 0. The lowest BCUT2D eigenvalue weighted by Crippen LogP contribution is -2.02. The number of hydrogen-bond acceptors (Lipinski definition) is 1. The van der Waals surface area contributed by atoms with Crippen molar-refractivity contribution >= 4 is 17.2 Å². The molecule has 0 N–H and O–H groups in total. The molecule has 0 fully saturated rings. The number of rotatable bonds is 2. The van der Waals surface area contributed by atoms with Gasteiger partial charge in [-0.3, -0.25) is 0 Å². The van der Waals surface area contributed by atoms with Crippen molar-refractivity contribution in [1.29, 1.82) is 0 Å². The van der Waals surface area contributed by atoms with Gasteiger partial charge in [-0.2, -0.15) is 0 Å². The van der Waals surface area contributed by atoms with E-state index in [1.54, 1.807) is 0 Å². The van der Waals surface area contributed by atoms with Gasteiger partial charge in [-0.05, 0) is 55.0 Å². The summed E-state index contributed by atoms with van der Waals surface area (Å²) in [6.07, 6.45) is 7.04. The van der Waals surface area contributed by atoms with Gasteiger partial charge < -0.3 is 4.40 Å². The Bertz CT molecular complexity index is 804. The Kier molecular flexibility index (Phi) is 3.19. The molecule has 1 aliphatic carbocycles. The van der Waals surface area contributed by atoms with Crippen LogP contribution in [0.1, 0.15) is 29.7 Å². The van der Waals surface area contributed by atoms with Crippen LogP contribution in [0.15, 0.2) is 42.6 Å². The molecule has 0 radical (unpaired) electrons. The first-order chi connectivity index (χ1) is 10.4. The number of nitrogens with zero attached hydrogens (tertiary/aromatic N) is 2. The first-order valence-electron chi connectivity index (χ1n) is 7.51. The van der Waals surface area contributed by atoms with Crippen molar-refractivity contribution in [2.75, 3.05) is 0 Å². The van der Waals surface area contributed by atoms with Crippen molar-refractivity contribution in [1.82, 2.24) is 9.38 Å². The van der Waals surface area contributed by atoms with Crippen LogP contribution in [0.5, 0.6) is 0 Å². The second-order valence-corrected chi connectivity index (χ2v) is 5.93. The molecular formula is C18H17ClN2. The molecular weight excluding hydrogens is 280 g/mol. The molecule has 0 saturated heterocycles. The molecule has 106 valence electrons. The highest BCUT2D eigenvalue weighted by Gasteiger charge is 2.15. The molecule has 0 aliphatic heterocycles. The quantitative estimate of drug-likeness (QED) is 0.631. The zero-order valence-electron chi connectivity index (χ0n) is 11.8. The van der Waals surface area contributed by atoms with Crippen LogP contribution in [-0.4, -0.2) is 9.38 Å². The topological polar surface area (TPSA) is 17.3 Å². The number of imidazole rings is 1. The van der Waals surface area contributed by atoms with Crippen LogP contribution in [0, 0.1) is 0 Å². The Balaban J connectivity index is 1.89. The molecule has 4 rings (SSSR count). The van der Waals surface area contributed by atoms with Crippen LogP contribution in [0.3, 0.4) is 0 Å². The zero-order valence-corrected chi connectivity index (χ0v) is 12.6. The van der Waals surface area contributed by atoms with Gasteiger partial charge in [0.25, 0.3) is 0 Å². The molecule has 3 heteroatoms. The van der Waals surface area contributed by atoms with Gasteiger partial charge in [-0.25, -0.2) is 4.98 Å². The third-order valence-electron chi connectivity index (χ3n) is 4.38. The summed E-state index contributed by atoms with van der Waals surface area (Å²) in [6.45, 7) is 0. The number of halogens is 1. The summed E-state index contributed by atoms with van der Waals surface area (Å²) >= 11 is 6.18. The molecule has 0 amide bonds. The highest BCUT2D eigenvalue weighted by atomic mass is 35.5. The maximum atomic E-state index is 6.18. The van der Waals surface area contributed by atoms with E-state index in [9.17, 15) is 0 Å². The lowest BCUT2D eigenvalue weighted by atomic mass is 9.90. The van der Waals surface area contributed by atoms with Crippen LogP contribution in [-0.2, 0) is 18.7 Å². The first-order valence-corrected chi connectivity index (χ1v) is 8.04. The SMILES string of the molecule is ClCc1c(-c2ccc3c(c2)CCCC3)nc2ccccn12. The fourth-order valence-corrected chi connectivity index (χ4v) is 3.54. The molecule has 2 aromatic heterocycles. The van der Waals surface area contributed by atoms with Crippen molar-refractivity contribution in [2.45, 2.75) is 31.6 Å². The minimum Gasteiger partial charge on any atom is -0.302 e. The molecule has 0 bridgehead atoms. The normalized spacial score (nSPS) is 14.3. The van der Waals surface area contributed by atoms with Crippen LogP contribution in [0.4, 0.5) is 0 Å². The molecule has 2 nitrogen and oxygen atoms in total. The van der Waals surface area contributed by atoms with E-state index in [-0.39, 0.29) is 0 Å². The van der Waals surface area contributed by atoms with Crippen molar-refractivity contribution in [2.24, 2.45) is 0 Å². The van der Waals surface area contributed by atoms with Crippen LogP contribution >= 0.6 is 11.6 Å². The fourth-order valence-electron chi connectivity index (χ4n) is 3.29. The van der Waals surface area contributed by atoms with Gasteiger partial charge in [0.15, 0.2) is 0 Å². The standard InChI is InChI=1S/C18H17ClN2/c19-12-16-18(20-17-7-3-4-10-21(16)17)15-9-8-13-5-1-2-6-14(13)11-15/h3-4,7-11H,1-2,5-6,12H2. The van der Waals surface area contributed by atoms with Gasteiger partial charge in [-0.15, -0.1) is 11.6 Å². The van der Waals surface area contributed by atoms with Gasteiger partial charge >= 0.3 is 0 Å². The largest absolute Gasteiger partial charge is 0.302 e. The number of alkyl halides is 1. The second-order valence-electron chi connectivity index (χ2n) is 5.66. The van der Waals surface area contributed by atoms with Crippen molar-refractivity contribution in [3.05, 3.63) is 59.4 Å². The van der Waals surface area contributed by atoms with Crippen LogP contribution in [0.25, 0.3) is 16.9 Å². The van der Waals surface area contributed by atoms with E-state index in [0.29, 0.717) is 5.88 Å². The Labute approximate surface area is 129 Å². The van der Waals surface area contributed by atoms with Gasteiger partial charge in [0, 0.05) is 11.8 Å². The number of hydrogen-bond donors (Lipinski definition) is 0. The maximum absolute atomic E-state index is 6.18. The molecule has 1 aliphatic rings. The predicted octanol–water partition coefficient (Wildman–Crippen LogP) is 4.62. The highest BCUT2D eigenvalue weighted by Crippen LogP contribution is 2.30. The smallest absolute Gasteiger partial charge is 0.137 e. The average Bonchev–Trinajstić information content (AvgIpc) is 2.93. The van der Waals surface area contributed by atoms with Gasteiger partial charge in [0.2, 0.25) is 0 Å². The summed E-state index contributed by atoms with van der Waals surface area (Å²) < 4.78 is 2.09. The monoisotopic (exact) mass is 296 g/mol. The summed E-state index contributed by atoms with van der Waals surface area (Å²) in [4.78, 5) is 4.78. The number of aromatic nitrogens is 2. The third-order valence-corrected chi connectivity index (χ3v) is 4.63. The fraction of sp³-hybridized carbons (Fsp3) is 0.278. The van der Waals surface area contributed by atoms with E-state index < -0.39 is 0 Å². The lowest BCUT2D eigenvalue weighted by Gasteiger charge is -2.16. The molecule has 2 heterocycles. The number of aryl methyl sites for hydroxylation is 2. The van der Waals surface area contributed by atoms with E-state index in [4.69, 9.17) is 16.6 Å². The lowest BCUT2D eigenvalue weighted by molar-refractivity contribution is 0.686. The van der Waals surface area contributed by atoms with Crippen molar-refractivity contribution in [3.63, 3.8) is 0 Å². The van der Waals surface area contributed by atoms with E-state index in [1.165, 1.54) is 42.4 Å². The predicted molar refractivity (Wildman–Crippen MR) is 86.8 cm³/mol. The molecule has 0 spiro atoms. The van der Waals surface area contributed by atoms with E-state index in [1.807, 2.05) is 24.4 Å². The first kappa shape index (κ1) is 12.9. The minimum atomic E-state index is 0.470. The second kappa shape index (κ2) is 5.19.